The zero-order valence-corrected chi connectivity index (χ0v) is 6.42. The van der Waals surface area contributed by atoms with Gasteiger partial charge in [-0.25, -0.2) is 0 Å². The topological polar surface area (TPSA) is 69.1 Å². The van der Waals surface area contributed by atoms with Crippen molar-refractivity contribution in [3.8, 4) is 0 Å². The molecule has 58 valence electrons. The van der Waals surface area contributed by atoms with E-state index in [9.17, 15) is 4.79 Å². The highest BCUT2D eigenvalue weighted by atomic mass is 16.1. The second kappa shape index (κ2) is 2.84. The van der Waals surface area contributed by atoms with Crippen LogP contribution >= 0.6 is 0 Å². The van der Waals surface area contributed by atoms with Crippen LogP contribution in [0.4, 0.5) is 0 Å². The Labute approximate surface area is 61.1 Å². The van der Waals surface area contributed by atoms with E-state index in [0.717, 1.165) is 0 Å². The maximum absolute atomic E-state index is 10.7. The van der Waals surface area contributed by atoms with Gasteiger partial charge in [-0.3, -0.25) is 4.79 Å². The van der Waals surface area contributed by atoms with Crippen LogP contribution in [0.2, 0.25) is 0 Å². The lowest BCUT2D eigenvalue weighted by Crippen LogP contribution is -2.53. The molecule has 0 spiro atoms. The standard InChI is InChI=1S/C7H14N2O/c1-4-5(2)7(3,9)6(8)10/h4-5H,1,9H2,2-3H3,(H2,8,10)/t5-,7+/m1/s1. The Balaban J connectivity index is 4.38. The number of carbonyl (C=O) groups is 1. The smallest absolute Gasteiger partial charge is 0.237 e. The first-order valence-electron chi connectivity index (χ1n) is 3.14. The van der Waals surface area contributed by atoms with Crippen molar-refractivity contribution in [3.05, 3.63) is 12.7 Å². The van der Waals surface area contributed by atoms with Gasteiger partial charge in [-0.15, -0.1) is 6.58 Å². The minimum Gasteiger partial charge on any atom is -0.368 e. The molecular weight excluding hydrogens is 128 g/mol. The van der Waals surface area contributed by atoms with Crippen LogP contribution in [-0.4, -0.2) is 11.4 Å². The fraction of sp³-hybridized carbons (Fsp3) is 0.571. The molecule has 0 fully saturated rings. The fourth-order valence-electron chi connectivity index (χ4n) is 0.469. The highest BCUT2D eigenvalue weighted by Crippen LogP contribution is 2.13. The van der Waals surface area contributed by atoms with E-state index in [1.54, 1.807) is 19.9 Å². The van der Waals surface area contributed by atoms with Crippen LogP contribution in [0.3, 0.4) is 0 Å². The summed E-state index contributed by atoms with van der Waals surface area (Å²) in [7, 11) is 0. The van der Waals surface area contributed by atoms with Crippen molar-refractivity contribution < 1.29 is 4.79 Å². The fourth-order valence-corrected chi connectivity index (χ4v) is 0.469. The molecule has 0 saturated heterocycles. The summed E-state index contributed by atoms with van der Waals surface area (Å²) in [5, 5.41) is 0. The van der Waals surface area contributed by atoms with Gasteiger partial charge in [-0.2, -0.15) is 0 Å². The molecule has 4 N–H and O–H groups in total. The zero-order chi connectivity index (χ0) is 8.36. The maximum Gasteiger partial charge on any atom is 0.237 e. The Hall–Kier alpha value is -0.830. The van der Waals surface area contributed by atoms with Crippen molar-refractivity contribution in [2.45, 2.75) is 19.4 Å². The van der Waals surface area contributed by atoms with Gasteiger partial charge in [-0.1, -0.05) is 13.0 Å². The second-order valence-electron chi connectivity index (χ2n) is 2.67. The van der Waals surface area contributed by atoms with Crippen LogP contribution in [0.5, 0.6) is 0 Å². The molecule has 0 aromatic rings. The molecule has 10 heavy (non-hydrogen) atoms. The van der Waals surface area contributed by atoms with Gasteiger partial charge in [0.25, 0.3) is 0 Å². The van der Waals surface area contributed by atoms with E-state index >= 15 is 0 Å². The first kappa shape index (κ1) is 9.17. The molecule has 0 aliphatic heterocycles. The van der Waals surface area contributed by atoms with Gasteiger partial charge in [0, 0.05) is 5.92 Å². The molecular formula is C7H14N2O. The van der Waals surface area contributed by atoms with E-state index < -0.39 is 11.4 Å². The normalized spacial score (nSPS) is 19.1. The Morgan fingerprint density at radius 3 is 2.30 bits per heavy atom. The number of primary amides is 1. The van der Waals surface area contributed by atoms with Gasteiger partial charge >= 0.3 is 0 Å². The van der Waals surface area contributed by atoms with Crippen molar-refractivity contribution >= 4 is 5.91 Å². The third-order valence-corrected chi connectivity index (χ3v) is 1.83. The van der Waals surface area contributed by atoms with E-state index in [1.165, 1.54) is 0 Å². The van der Waals surface area contributed by atoms with E-state index in [-0.39, 0.29) is 5.92 Å². The van der Waals surface area contributed by atoms with Crippen LogP contribution in [0.15, 0.2) is 12.7 Å². The minimum atomic E-state index is -0.970. The Bertz CT molecular complexity index is 152. The first-order valence-corrected chi connectivity index (χ1v) is 3.14. The van der Waals surface area contributed by atoms with E-state index in [2.05, 4.69) is 6.58 Å². The highest BCUT2D eigenvalue weighted by molar-refractivity contribution is 5.84. The van der Waals surface area contributed by atoms with Crippen LogP contribution < -0.4 is 11.5 Å². The van der Waals surface area contributed by atoms with Crippen LogP contribution in [0.1, 0.15) is 13.8 Å². The summed E-state index contributed by atoms with van der Waals surface area (Å²) < 4.78 is 0. The van der Waals surface area contributed by atoms with Crippen LogP contribution in [-0.2, 0) is 4.79 Å². The molecule has 0 aromatic carbocycles. The maximum atomic E-state index is 10.7. The molecule has 2 atom stereocenters. The largest absolute Gasteiger partial charge is 0.368 e. The van der Waals surface area contributed by atoms with Crippen molar-refractivity contribution in [2.75, 3.05) is 0 Å². The predicted molar refractivity (Wildman–Crippen MR) is 41.1 cm³/mol. The monoisotopic (exact) mass is 142 g/mol. The van der Waals surface area contributed by atoms with Crippen LogP contribution in [0, 0.1) is 5.92 Å². The molecule has 0 aliphatic rings. The van der Waals surface area contributed by atoms with Crippen molar-refractivity contribution in [3.63, 3.8) is 0 Å². The summed E-state index contributed by atoms with van der Waals surface area (Å²) in [6.45, 7) is 6.92. The van der Waals surface area contributed by atoms with Gasteiger partial charge in [0.15, 0.2) is 0 Å². The lowest BCUT2D eigenvalue weighted by molar-refractivity contribution is -0.123. The Morgan fingerprint density at radius 2 is 2.20 bits per heavy atom. The number of carbonyl (C=O) groups excluding carboxylic acids is 1. The number of amides is 1. The molecule has 0 bridgehead atoms. The number of nitrogens with two attached hydrogens (primary N) is 2. The molecule has 0 aliphatic carbocycles. The average molecular weight is 142 g/mol. The number of rotatable bonds is 3. The van der Waals surface area contributed by atoms with Crippen molar-refractivity contribution in [1.82, 2.24) is 0 Å². The molecule has 0 rings (SSSR count). The van der Waals surface area contributed by atoms with Gasteiger partial charge in [0.1, 0.15) is 0 Å². The summed E-state index contributed by atoms with van der Waals surface area (Å²) >= 11 is 0. The van der Waals surface area contributed by atoms with Crippen molar-refractivity contribution in [1.29, 1.82) is 0 Å². The number of hydrogen-bond acceptors (Lipinski definition) is 2. The Morgan fingerprint density at radius 1 is 1.80 bits per heavy atom. The quantitative estimate of drug-likeness (QED) is 0.545. The Kier molecular flexibility index (Phi) is 2.60. The zero-order valence-electron chi connectivity index (χ0n) is 6.42. The molecule has 3 heteroatoms. The third kappa shape index (κ3) is 1.57. The summed E-state index contributed by atoms with van der Waals surface area (Å²) in [6, 6.07) is 0. The predicted octanol–water partition coefficient (Wildman–Crippen LogP) is 0.0112. The molecule has 0 heterocycles. The van der Waals surface area contributed by atoms with Gasteiger partial charge in [0.05, 0.1) is 5.54 Å². The first-order chi connectivity index (χ1) is 4.42. The summed E-state index contributed by atoms with van der Waals surface area (Å²) in [4.78, 5) is 10.7. The van der Waals surface area contributed by atoms with Gasteiger partial charge in [0.2, 0.25) is 5.91 Å². The molecule has 0 radical (unpaired) electrons. The SMILES string of the molecule is C=C[C@@H](C)[C@](C)(N)C(N)=O. The lowest BCUT2D eigenvalue weighted by atomic mass is 9.88. The number of hydrogen-bond donors (Lipinski definition) is 2. The van der Waals surface area contributed by atoms with Crippen LogP contribution in [0.25, 0.3) is 0 Å². The molecule has 1 amide bonds. The molecule has 0 unspecified atom stereocenters. The minimum absolute atomic E-state index is 0.0926. The van der Waals surface area contributed by atoms with E-state index in [1.807, 2.05) is 0 Å². The highest BCUT2D eigenvalue weighted by Gasteiger charge is 2.30. The lowest BCUT2D eigenvalue weighted by Gasteiger charge is -2.25. The van der Waals surface area contributed by atoms with Gasteiger partial charge in [-0.05, 0) is 6.92 Å². The van der Waals surface area contributed by atoms with E-state index in [4.69, 9.17) is 11.5 Å². The third-order valence-electron chi connectivity index (χ3n) is 1.83. The van der Waals surface area contributed by atoms with E-state index in [0.29, 0.717) is 0 Å². The second-order valence-corrected chi connectivity index (χ2v) is 2.67. The van der Waals surface area contributed by atoms with Gasteiger partial charge < -0.3 is 11.5 Å². The molecule has 0 aromatic heterocycles. The summed E-state index contributed by atoms with van der Waals surface area (Å²) in [5.41, 5.74) is 9.63. The average Bonchev–Trinajstić information content (AvgIpc) is 1.86. The molecule has 0 saturated carbocycles. The summed E-state index contributed by atoms with van der Waals surface area (Å²) in [5.74, 6) is -0.593. The molecule has 3 nitrogen and oxygen atoms in total. The summed E-state index contributed by atoms with van der Waals surface area (Å²) in [6.07, 6.45) is 1.62. The van der Waals surface area contributed by atoms with Crippen molar-refractivity contribution in [2.24, 2.45) is 17.4 Å².